The number of ether oxygens (including phenoxy) is 1. The number of terminal acetylenes is 1. The summed E-state index contributed by atoms with van der Waals surface area (Å²) in [6.07, 6.45) is 4.34. The molecule has 1 aromatic carbocycles. The minimum Gasteiger partial charge on any atom is -0.389 e. The molecule has 1 saturated heterocycles. The van der Waals surface area contributed by atoms with Gasteiger partial charge in [-0.05, 0) is 5.56 Å². The number of rotatable bonds is 7. The van der Waals surface area contributed by atoms with Crippen molar-refractivity contribution in [3.8, 4) is 12.3 Å². The Kier molecular flexibility index (Phi) is 5.53. The molecule has 1 aromatic rings. The molecule has 0 unspecified atom stereocenters. The van der Waals surface area contributed by atoms with E-state index in [1.807, 2.05) is 30.3 Å². The van der Waals surface area contributed by atoms with Crippen LogP contribution in [0, 0.1) is 12.3 Å². The van der Waals surface area contributed by atoms with E-state index in [2.05, 4.69) is 11.2 Å². The summed E-state index contributed by atoms with van der Waals surface area (Å²) in [6, 6.07) is 8.29. The van der Waals surface area contributed by atoms with Crippen LogP contribution < -0.4 is 5.32 Å². The molecule has 1 aliphatic heterocycles. The largest absolute Gasteiger partial charge is 0.389 e. The number of imide groups is 1. The number of carbonyl (C=O) groups is 2. The van der Waals surface area contributed by atoms with Crippen LogP contribution in [0.4, 0.5) is 4.79 Å². The van der Waals surface area contributed by atoms with Gasteiger partial charge in [-0.25, -0.2) is 4.79 Å². The molecule has 6 heteroatoms. The fourth-order valence-electron chi connectivity index (χ4n) is 2.16. The zero-order chi connectivity index (χ0) is 15.9. The minimum absolute atomic E-state index is 0.0335. The highest BCUT2D eigenvalue weighted by molar-refractivity contribution is 6.04. The number of β-amino-alcohol motifs (C(OH)–C–C–N with tert-alkyl or cyclic N) is 1. The van der Waals surface area contributed by atoms with E-state index in [-0.39, 0.29) is 19.6 Å². The highest BCUT2D eigenvalue weighted by Crippen LogP contribution is 2.10. The van der Waals surface area contributed by atoms with E-state index in [1.165, 1.54) is 0 Å². The van der Waals surface area contributed by atoms with Gasteiger partial charge in [0.2, 0.25) is 0 Å². The second-order valence-corrected chi connectivity index (χ2v) is 5.01. The first-order chi connectivity index (χ1) is 10.6. The van der Waals surface area contributed by atoms with Gasteiger partial charge in [-0.3, -0.25) is 9.69 Å². The van der Waals surface area contributed by atoms with Gasteiger partial charge in [0.15, 0.2) is 0 Å². The summed E-state index contributed by atoms with van der Waals surface area (Å²) < 4.78 is 5.38. The topological polar surface area (TPSA) is 78.9 Å². The lowest BCUT2D eigenvalue weighted by Gasteiger charge is -2.17. The predicted octanol–water partition coefficient (Wildman–Crippen LogP) is 0.508. The van der Waals surface area contributed by atoms with Crippen LogP contribution in [-0.4, -0.2) is 47.2 Å². The lowest BCUT2D eigenvalue weighted by Crippen LogP contribution is -2.39. The van der Waals surface area contributed by atoms with Crippen molar-refractivity contribution in [2.24, 2.45) is 0 Å². The number of nitrogens with one attached hydrogen (secondary N) is 1. The first-order valence-electron chi connectivity index (χ1n) is 6.97. The van der Waals surface area contributed by atoms with E-state index in [9.17, 15) is 14.7 Å². The maximum atomic E-state index is 11.9. The summed E-state index contributed by atoms with van der Waals surface area (Å²) in [5.74, 6) is 1.93. The molecular formula is C16H18N2O4. The Balaban J connectivity index is 1.77. The molecule has 0 spiro atoms. The van der Waals surface area contributed by atoms with Crippen molar-refractivity contribution < 1.29 is 19.4 Å². The summed E-state index contributed by atoms with van der Waals surface area (Å²) >= 11 is 0. The lowest BCUT2D eigenvalue weighted by atomic mass is 10.2. The van der Waals surface area contributed by atoms with Gasteiger partial charge in [0.1, 0.15) is 6.04 Å². The summed E-state index contributed by atoms with van der Waals surface area (Å²) in [5, 5.41) is 12.4. The van der Waals surface area contributed by atoms with Crippen LogP contribution >= 0.6 is 0 Å². The van der Waals surface area contributed by atoms with Gasteiger partial charge in [0.05, 0.1) is 25.9 Å². The Hall–Kier alpha value is -2.36. The fraction of sp³-hybridized carbons (Fsp3) is 0.375. The second kappa shape index (κ2) is 7.59. The van der Waals surface area contributed by atoms with Gasteiger partial charge < -0.3 is 15.2 Å². The van der Waals surface area contributed by atoms with Gasteiger partial charge in [-0.1, -0.05) is 30.3 Å². The molecule has 116 valence electrons. The molecular weight excluding hydrogens is 284 g/mol. The minimum atomic E-state index is -0.942. The van der Waals surface area contributed by atoms with E-state index in [0.717, 1.165) is 10.5 Å². The van der Waals surface area contributed by atoms with E-state index in [0.29, 0.717) is 6.61 Å². The third kappa shape index (κ3) is 4.07. The third-order valence-corrected chi connectivity index (χ3v) is 3.24. The van der Waals surface area contributed by atoms with Crippen LogP contribution in [0.2, 0.25) is 0 Å². The Morgan fingerprint density at radius 2 is 2.09 bits per heavy atom. The zero-order valence-electron chi connectivity index (χ0n) is 12.1. The molecule has 22 heavy (non-hydrogen) atoms. The number of amides is 3. The van der Waals surface area contributed by atoms with Crippen LogP contribution in [0.25, 0.3) is 0 Å². The number of nitrogens with zero attached hydrogens (tertiary/aromatic N) is 1. The summed E-state index contributed by atoms with van der Waals surface area (Å²) in [4.78, 5) is 24.6. The molecule has 1 heterocycles. The van der Waals surface area contributed by atoms with Crippen molar-refractivity contribution in [2.75, 3.05) is 13.2 Å². The van der Waals surface area contributed by atoms with Crippen molar-refractivity contribution in [3.63, 3.8) is 0 Å². The molecule has 2 rings (SSSR count). The third-order valence-electron chi connectivity index (χ3n) is 3.24. The molecule has 3 amide bonds. The van der Waals surface area contributed by atoms with Crippen molar-refractivity contribution >= 4 is 11.9 Å². The number of benzene rings is 1. The quantitative estimate of drug-likeness (QED) is 0.568. The molecule has 0 aromatic heterocycles. The van der Waals surface area contributed by atoms with Crippen LogP contribution in [0.3, 0.4) is 0 Å². The normalized spacial score (nSPS) is 18.9. The lowest BCUT2D eigenvalue weighted by molar-refractivity contribution is -0.128. The second-order valence-electron chi connectivity index (χ2n) is 5.01. The van der Waals surface area contributed by atoms with Crippen molar-refractivity contribution in [3.05, 3.63) is 35.9 Å². The number of aliphatic hydroxyl groups is 1. The molecule has 0 aliphatic carbocycles. The highest BCUT2D eigenvalue weighted by atomic mass is 16.5. The van der Waals surface area contributed by atoms with Crippen molar-refractivity contribution in [2.45, 2.75) is 25.2 Å². The number of carbonyl (C=O) groups excluding carboxylic acids is 2. The number of hydrogen-bond donors (Lipinski definition) is 2. The number of hydrogen-bond acceptors (Lipinski definition) is 4. The summed E-state index contributed by atoms with van der Waals surface area (Å²) in [6.45, 7) is 0.282. The molecule has 6 nitrogen and oxygen atoms in total. The molecule has 2 atom stereocenters. The van der Waals surface area contributed by atoms with Gasteiger partial charge in [0, 0.05) is 6.42 Å². The Morgan fingerprint density at radius 3 is 2.77 bits per heavy atom. The maximum Gasteiger partial charge on any atom is 0.324 e. The summed E-state index contributed by atoms with van der Waals surface area (Å²) in [7, 11) is 0. The first-order valence-corrected chi connectivity index (χ1v) is 6.97. The van der Waals surface area contributed by atoms with E-state index >= 15 is 0 Å². The van der Waals surface area contributed by atoms with E-state index in [4.69, 9.17) is 11.2 Å². The van der Waals surface area contributed by atoms with Crippen LogP contribution in [-0.2, 0) is 16.1 Å². The number of urea groups is 1. The molecule has 0 bridgehead atoms. The van der Waals surface area contributed by atoms with Crippen molar-refractivity contribution in [1.29, 1.82) is 0 Å². The fourth-order valence-corrected chi connectivity index (χ4v) is 2.16. The van der Waals surface area contributed by atoms with Gasteiger partial charge >= 0.3 is 6.03 Å². The molecule has 1 fully saturated rings. The molecule has 1 aliphatic rings. The van der Waals surface area contributed by atoms with Crippen molar-refractivity contribution in [1.82, 2.24) is 10.2 Å². The molecule has 2 N–H and O–H groups in total. The summed E-state index contributed by atoms with van der Waals surface area (Å²) in [5.41, 5.74) is 0.985. The maximum absolute atomic E-state index is 11.9. The van der Waals surface area contributed by atoms with Crippen LogP contribution in [0.1, 0.15) is 12.0 Å². The Morgan fingerprint density at radius 1 is 1.36 bits per heavy atom. The predicted molar refractivity (Wildman–Crippen MR) is 79.6 cm³/mol. The van der Waals surface area contributed by atoms with Crippen LogP contribution in [0.15, 0.2) is 30.3 Å². The SMILES string of the molecule is C#CC[C@@H]1NC(=O)N(C[C@H](O)COCc2ccccc2)C1=O. The van der Waals surface area contributed by atoms with E-state index < -0.39 is 24.1 Å². The number of aliphatic hydroxyl groups excluding tert-OH is 1. The highest BCUT2D eigenvalue weighted by Gasteiger charge is 2.38. The molecule has 0 saturated carbocycles. The monoisotopic (exact) mass is 302 g/mol. The average molecular weight is 302 g/mol. The van der Waals surface area contributed by atoms with Gasteiger partial charge in [-0.15, -0.1) is 12.3 Å². The Labute approximate surface area is 129 Å². The average Bonchev–Trinajstić information content (AvgIpc) is 2.76. The van der Waals surface area contributed by atoms with Crippen LogP contribution in [0.5, 0.6) is 0 Å². The zero-order valence-corrected chi connectivity index (χ0v) is 12.1. The molecule has 0 radical (unpaired) electrons. The first kappa shape index (κ1) is 16.0. The van der Waals surface area contributed by atoms with Gasteiger partial charge in [-0.2, -0.15) is 0 Å². The Bertz CT molecular complexity index is 567. The standard InChI is InChI=1S/C16H18N2O4/c1-2-6-14-15(20)18(16(21)17-14)9-13(19)11-22-10-12-7-4-3-5-8-12/h1,3-5,7-8,13-14,19H,6,9-11H2,(H,17,21)/t13-,14-/m0/s1. The van der Waals surface area contributed by atoms with E-state index in [1.54, 1.807) is 0 Å². The van der Waals surface area contributed by atoms with Gasteiger partial charge in [0.25, 0.3) is 5.91 Å². The smallest absolute Gasteiger partial charge is 0.324 e.